The molecule has 0 aliphatic rings. The molecule has 0 heterocycles. The molecular formula is C22H27N3O5. The maximum atomic E-state index is 12.7. The number of hydrogen-bond donors (Lipinski definition) is 3. The summed E-state index contributed by atoms with van der Waals surface area (Å²) in [5.74, 6) is -0.780. The van der Waals surface area contributed by atoms with Crippen LogP contribution in [0.25, 0.3) is 0 Å². The number of carbonyl (C=O) groups excluding carboxylic acids is 3. The van der Waals surface area contributed by atoms with Crippen LogP contribution in [0.3, 0.4) is 0 Å². The number of nitrogens with one attached hydrogen (secondary N) is 2. The van der Waals surface area contributed by atoms with Gasteiger partial charge in [0.2, 0.25) is 0 Å². The van der Waals surface area contributed by atoms with Crippen LogP contribution in [0.5, 0.6) is 11.5 Å². The SMILES string of the molecule is CCOc1cccc(NC(=O)c2cccc(OCC(=O)NC(C)(C)C)c2)c1C(N)=O. The fourth-order valence-corrected chi connectivity index (χ4v) is 2.69. The van der Waals surface area contributed by atoms with E-state index in [9.17, 15) is 14.4 Å². The highest BCUT2D eigenvalue weighted by Gasteiger charge is 2.18. The summed E-state index contributed by atoms with van der Waals surface area (Å²) in [6.07, 6.45) is 0. The zero-order valence-electron chi connectivity index (χ0n) is 17.6. The predicted molar refractivity (Wildman–Crippen MR) is 114 cm³/mol. The van der Waals surface area contributed by atoms with Crippen LogP contribution in [0.15, 0.2) is 42.5 Å². The van der Waals surface area contributed by atoms with Crippen molar-refractivity contribution in [1.82, 2.24) is 5.32 Å². The zero-order valence-corrected chi connectivity index (χ0v) is 17.6. The summed E-state index contributed by atoms with van der Waals surface area (Å²) < 4.78 is 10.9. The Bertz CT molecular complexity index is 935. The van der Waals surface area contributed by atoms with Gasteiger partial charge >= 0.3 is 0 Å². The molecule has 0 bridgehead atoms. The lowest BCUT2D eigenvalue weighted by Crippen LogP contribution is -2.43. The highest BCUT2D eigenvalue weighted by atomic mass is 16.5. The lowest BCUT2D eigenvalue weighted by Gasteiger charge is -2.20. The number of hydrogen-bond acceptors (Lipinski definition) is 5. The molecule has 0 unspecified atom stereocenters. The number of ether oxygens (including phenoxy) is 2. The van der Waals surface area contributed by atoms with Crippen LogP contribution in [0.4, 0.5) is 5.69 Å². The van der Waals surface area contributed by atoms with Crippen molar-refractivity contribution in [3.8, 4) is 11.5 Å². The minimum absolute atomic E-state index is 0.0963. The van der Waals surface area contributed by atoms with Crippen LogP contribution < -0.4 is 25.8 Å². The molecule has 0 saturated carbocycles. The van der Waals surface area contributed by atoms with Gasteiger partial charge < -0.3 is 25.8 Å². The van der Waals surface area contributed by atoms with E-state index in [0.29, 0.717) is 23.7 Å². The van der Waals surface area contributed by atoms with Gasteiger partial charge in [0.15, 0.2) is 6.61 Å². The molecule has 3 amide bonds. The van der Waals surface area contributed by atoms with Gasteiger partial charge in [-0.15, -0.1) is 0 Å². The van der Waals surface area contributed by atoms with Crippen molar-refractivity contribution in [2.24, 2.45) is 5.73 Å². The Labute approximate surface area is 175 Å². The van der Waals surface area contributed by atoms with Gasteiger partial charge in [-0.1, -0.05) is 12.1 Å². The van der Waals surface area contributed by atoms with E-state index in [0.717, 1.165) is 0 Å². The zero-order chi connectivity index (χ0) is 22.3. The number of amides is 3. The van der Waals surface area contributed by atoms with E-state index in [1.807, 2.05) is 20.8 Å². The molecular weight excluding hydrogens is 386 g/mol. The maximum Gasteiger partial charge on any atom is 0.258 e. The first-order chi connectivity index (χ1) is 14.1. The third kappa shape index (κ3) is 6.51. The van der Waals surface area contributed by atoms with Crippen LogP contribution in [0, 0.1) is 0 Å². The summed E-state index contributed by atoms with van der Waals surface area (Å²) in [6.45, 7) is 7.57. The van der Waals surface area contributed by atoms with E-state index < -0.39 is 11.8 Å². The highest BCUT2D eigenvalue weighted by Crippen LogP contribution is 2.27. The van der Waals surface area contributed by atoms with Crippen molar-refractivity contribution in [3.05, 3.63) is 53.6 Å². The number of anilines is 1. The minimum atomic E-state index is -0.712. The van der Waals surface area contributed by atoms with Gasteiger partial charge in [-0.3, -0.25) is 14.4 Å². The third-order valence-corrected chi connectivity index (χ3v) is 3.80. The second kappa shape index (κ2) is 9.78. The van der Waals surface area contributed by atoms with Crippen molar-refractivity contribution in [1.29, 1.82) is 0 Å². The second-order valence-corrected chi connectivity index (χ2v) is 7.54. The van der Waals surface area contributed by atoms with Gasteiger partial charge in [0.1, 0.15) is 17.1 Å². The van der Waals surface area contributed by atoms with Crippen molar-refractivity contribution in [3.63, 3.8) is 0 Å². The predicted octanol–water partition coefficient (Wildman–Crippen LogP) is 2.73. The summed E-state index contributed by atoms with van der Waals surface area (Å²) in [4.78, 5) is 36.5. The lowest BCUT2D eigenvalue weighted by atomic mass is 10.1. The van der Waals surface area contributed by atoms with Crippen LogP contribution in [0.1, 0.15) is 48.4 Å². The summed E-state index contributed by atoms with van der Waals surface area (Å²) in [5.41, 5.74) is 5.74. The number of rotatable bonds is 8. The standard InChI is InChI=1S/C22H27N3O5/c1-5-29-17-11-7-10-16(19(17)20(23)27)24-21(28)14-8-6-9-15(12-14)30-13-18(26)25-22(2,3)4/h6-12H,5,13H2,1-4H3,(H2,23,27)(H,24,28)(H,25,26). The van der Waals surface area contributed by atoms with E-state index in [4.69, 9.17) is 15.2 Å². The molecule has 8 nitrogen and oxygen atoms in total. The fraction of sp³-hybridized carbons (Fsp3) is 0.318. The molecule has 0 saturated heterocycles. The maximum absolute atomic E-state index is 12.7. The first kappa shape index (κ1) is 22.7. The lowest BCUT2D eigenvalue weighted by molar-refractivity contribution is -0.124. The average Bonchev–Trinajstić information content (AvgIpc) is 2.65. The Hall–Kier alpha value is -3.55. The Morgan fingerprint density at radius 2 is 1.73 bits per heavy atom. The molecule has 0 aliphatic heterocycles. The second-order valence-electron chi connectivity index (χ2n) is 7.54. The molecule has 2 rings (SSSR count). The fourth-order valence-electron chi connectivity index (χ4n) is 2.69. The molecule has 8 heteroatoms. The van der Waals surface area contributed by atoms with Crippen LogP contribution in [0.2, 0.25) is 0 Å². The molecule has 0 aliphatic carbocycles. The summed E-state index contributed by atoms with van der Waals surface area (Å²) in [5, 5.41) is 5.47. The van der Waals surface area contributed by atoms with Gasteiger partial charge in [-0.25, -0.2) is 0 Å². The average molecular weight is 413 g/mol. The molecule has 0 atom stereocenters. The number of primary amides is 1. The van der Waals surface area contributed by atoms with Crippen LogP contribution >= 0.6 is 0 Å². The summed E-state index contributed by atoms with van der Waals surface area (Å²) >= 11 is 0. The molecule has 2 aromatic carbocycles. The summed E-state index contributed by atoms with van der Waals surface area (Å²) in [6, 6.07) is 11.2. The Kier molecular flexibility index (Phi) is 7.41. The van der Waals surface area contributed by atoms with E-state index in [-0.39, 0.29) is 29.3 Å². The molecule has 0 fully saturated rings. The Morgan fingerprint density at radius 1 is 1.03 bits per heavy atom. The van der Waals surface area contributed by atoms with Gasteiger partial charge in [0, 0.05) is 11.1 Å². The smallest absolute Gasteiger partial charge is 0.258 e. The molecule has 0 spiro atoms. The topological polar surface area (TPSA) is 120 Å². The third-order valence-electron chi connectivity index (χ3n) is 3.80. The first-order valence-electron chi connectivity index (χ1n) is 9.51. The van der Waals surface area contributed by atoms with E-state index in [1.54, 1.807) is 43.3 Å². The minimum Gasteiger partial charge on any atom is -0.493 e. The first-order valence-corrected chi connectivity index (χ1v) is 9.51. The van der Waals surface area contributed by atoms with E-state index in [2.05, 4.69) is 10.6 Å². The quantitative estimate of drug-likeness (QED) is 0.615. The van der Waals surface area contributed by atoms with Crippen LogP contribution in [-0.4, -0.2) is 36.5 Å². The summed E-state index contributed by atoms with van der Waals surface area (Å²) in [7, 11) is 0. The Morgan fingerprint density at radius 3 is 2.37 bits per heavy atom. The van der Waals surface area contributed by atoms with Gasteiger partial charge in [-0.2, -0.15) is 0 Å². The normalized spacial score (nSPS) is 10.8. The van der Waals surface area contributed by atoms with Crippen molar-refractivity contribution >= 4 is 23.4 Å². The van der Waals surface area contributed by atoms with Crippen molar-refractivity contribution in [2.75, 3.05) is 18.5 Å². The van der Waals surface area contributed by atoms with Gasteiger partial charge in [0.05, 0.1) is 12.3 Å². The molecule has 0 radical (unpaired) electrons. The van der Waals surface area contributed by atoms with Crippen molar-refractivity contribution < 1.29 is 23.9 Å². The van der Waals surface area contributed by atoms with E-state index in [1.165, 1.54) is 6.07 Å². The van der Waals surface area contributed by atoms with Crippen molar-refractivity contribution in [2.45, 2.75) is 33.2 Å². The largest absolute Gasteiger partial charge is 0.493 e. The molecule has 30 heavy (non-hydrogen) atoms. The molecule has 160 valence electrons. The van der Waals surface area contributed by atoms with Gasteiger partial charge in [-0.05, 0) is 58.0 Å². The number of carbonyl (C=O) groups is 3. The molecule has 4 N–H and O–H groups in total. The van der Waals surface area contributed by atoms with E-state index >= 15 is 0 Å². The number of benzene rings is 2. The Balaban J connectivity index is 2.14. The monoisotopic (exact) mass is 413 g/mol. The van der Waals surface area contributed by atoms with Gasteiger partial charge in [0.25, 0.3) is 17.7 Å². The molecule has 0 aromatic heterocycles. The highest BCUT2D eigenvalue weighted by molar-refractivity contribution is 6.09. The van der Waals surface area contributed by atoms with Crippen LogP contribution in [-0.2, 0) is 4.79 Å². The number of nitrogens with two attached hydrogens (primary N) is 1. The molecule has 2 aromatic rings.